The molecular formula is C12H5ClFN3O3. The monoisotopic (exact) mass is 293 g/mol. The third-order valence-electron chi connectivity index (χ3n) is 2.30. The van der Waals surface area contributed by atoms with Crippen molar-refractivity contribution in [3.63, 3.8) is 0 Å². The highest BCUT2D eigenvalue weighted by atomic mass is 35.5. The number of nitro groups is 1. The molecule has 0 aliphatic carbocycles. The summed E-state index contributed by atoms with van der Waals surface area (Å²) in [5, 5.41) is 19.5. The van der Waals surface area contributed by atoms with Crippen molar-refractivity contribution in [3.05, 3.63) is 57.1 Å². The van der Waals surface area contributed by atoms with Gasteiger partial charge in [-0.15, -0.1) is 0 Å². The molecule has 8 heteroatoms. The Morgan fingerprint density at radius 1 is 1.40 bits per heavy atom. The molecule has 2 aromatic rings. The molecule has 0 aliphatic rings. The van der Waals surface area contributed by atoms with Gasteiger partial charge >= 0.3 is 5.69 Å². The molecule has 0 bridgehead atoms. The highest BCUT2D eigenvalue weighted by molar-refractivity contribution is 6.31. The molecule has 0 saturated heterocycles. The van der Waals surface area contributed by atoms with Gasteiger partial charge in [0.1, 0.15) is 23.2 Å². The standard InChI is InChI=1S/C12H5ClFN3O3/c13-12-10(17(18)19)11(7(5-15)6-16-12)20-9-3-1-8(14)2-4-9/h1-4,6H. The van der Waals surface area contributed by atoms with Gasteiger partial charge in [-0.05, 0) is 24.3 Å². The van der Waals surface area contributed by atoms with E-state index in [1.165, 1.54) is 12.1 Å². The quantitative estimate of drug-likeness (QED) is 0.491. The predicted octanol–water partition coefficient (Wildman–Crippen LogP) is 3.45. The SMILES string of the molecule is N#Cc1cnc(Cl)c([N+](=O)[O-])c1Oc1ccc(F)cc1. The summed E-state index contributed by atoms with van der Waals surface area (Å²) in [5.41, 5.74) is -0.763. The van der Waals surface area contributed by atoms with E-state index in [0.29, 0.717) is 0 Å². The zero-order valence-corrected chi connectivity index (χ0v) is 10.5. The Hall–Kier alpha value is -2.72. The molecule has 20 heavy (non-hydrogen) atoms. The van der Waals surface area contributed by atoms with Crippen LogP contribution < -0.4 is 4.74 Å². The fraction of sp³-hybridized carbons (Fsp3) is 0. The summed E-state index contributed by atoms with van der Waals surface area (Å²) in [7, 11) is 0. The Morgan fingerprint density at radius 2 is 2.05 bits per heavy atom. The molecule has 0 radical (unpaired) electrons. The molecule has 0 saturated carbocycles. The maximum Gasteiger partial charge on any atom is 0.349 e. The first-order valence-electron chi connectivity index (χ1n) is 5.19. The maximum atomic E-state index is 12.8. The number of halogens is 2. The van der Waals surface area contributed by atoms with Crippen molar-refractivity contribution in [1.29, 1.82) is 5.26 Å². The smallest absolute Gasteiger partial charge is 0.349 e. The van der Waals surface area contributed by atoms with Gasteiger partial charge in [-0.2, -0.15) is 5.26 Å². The molecule has 0 aliphatic heterocycles. The molecule has 100 valence electrons. The van der Waals surface area contributed by atoms with Crippen LogP contribution in [0.15, 0.2) is 30.5 Å². The lowest BCUT2D eigenvalue weighted by molar-refractivity contribution is -0.385. The summed E-state index contributed by atoms with van der Waals surface area (Å²) < 4.78 is 18.1. The Bertz CT molecular complexity index is 713. The third-order valence-corrected chi connectivity index (χ3v) is 2.58. The number of aromatic nitrogens is 1. The first-order chi connectivity index (χ1) is 9.52. The average molecular weight is 294 g/mol. The summed E-state index contributed by atoms with van der Waals surface area (Å²) in [4.78, 5) is 13.7. The number of hydrogen-bond donors (Lipinski definition) is 0. The zero-order chi connectivity index (χ0) is 14.7. The number of hydrogen-bond acceptors (Lipinski definition) is 5. The number of nitrogens with zero attached hydrogens (tertiary/aromatic N) is 3. The molecule has 0 atom stereocenters. The Kier molecular flexibility index (Phi) is 3.77. The highest BCUT2D eigenvalue weighted by Crippen LogP contribution is 2.38. The molecule has 0 amide bonds. The Balaban J connectivity index is 2.54. The summed E-state index contributed by atoms with van der Waals surface area (Å²) in [6, 6.07) is 6.51. The van der Waals surface area contributed by atoms with Gasteiger partial charge in [0.2, 0.25) is 10.9 Å². The van der Waals surface area contributed by atoms with Gasteiger partial charge < -0.3 is 4.74 Å². The van der Waals surface area contributed by atoms with Crippen LogP contribution in [0.1, 0.15) is 5.56 Å². The molecule has 2 rings (SSSR count). The number of benzene rings is 1. The van der Waals surface area contributed by atoms with Crippen molar-refractivity contribution in [2.45, 2.75) is 0 Å². The van der Waals surface area contributed by atoms with Crippen LogP contribution in [0.5, 0.6) is 11.5 Å². The van der Waals surface area contributed by atoms with E-state index < -0.39 is 21.6 Å². The van der Waals surface area contributed by atoms with Crippen LogP contribution in [0.4, 0.5) is 10.1 Å². The number of pyridine rings is 1. The molecular weight excluding hydrogens is 289 g/mol. The van der Waals surface area contributed by atoms with Gasteiger partial charge in [-0.3, -0.25) is 10.1 Å². The Morgan fingerprint density at radius 3 is 2.60 bits per heavy atom. The second kappa shape index (κ2) is 5.50. The van der Waals surface area contributed by atoms with Gasteiger partial charge in [-0.25, -0.2) is 9.37 Å². The first kappa shape index (κ1) is 13.7. The minimum absolute atomic E-state index is 0.133. The van der Waals surface area contributed by atoms with E-state index in [1.54, 1.807) is 6.07 Å². The van der Waals surface area contributed by atoms with Crippen LogP contribution in [0.25, 0.3) is 0 Å². The molecule has 0 N–H and O–H groups in total. The van der Waals surface area contributed by atoms with Crippen LogP contribution in [-0.4, -0.2) is 9.91 Å². The topological polar surface area (TPSA) is 89.0 Å². The van der Waals surface area contributed by atoms with Crippen molar-refractivity contribution in [2.75, 3.05) is 0 Å². The van der Waals surface area contributed by atoms with Gasteiger partial charge in [0.05, 0.1) is 11.1 Å². The van der Waals surface area contributed by atoms with E-state index in [0.717, 1.165) is 18.3 Å². The Labute approximate surface area is 117 Å². The lowest BCUT2D eigenvalue weighted by atomic mass is 10.2. The molecule has 1 aromatic carbocycles. The van der Waals surface area contributed by atoms with Crippen LogP contribution in [0.3, 0.4) is 0 Å². The van der Waals surface area contributed by atoms with Gasteiger partial charge in [0, 0.05) is 0 Å². The minimum atomic E-state index is -0.797. The average Bonchev–Trinajstić information content (AvgIpc) is 2.41. The third kappa shape index (κ3) is 2.65. The fourth-order valence-corrected chi connectivity index (χ4v) is 1.63. The molecule has 0 fully saturated rings. The van der Waals surface area contributed by atoms with Gasteiger partial charge in [0.25, 0.3) is 0 Å². The number of nitriles is 1. The van der Waals surface area contributed by atoms with E-state index in [1.807, 2.05) is 0 Å². The summed E-state index contributed by atoms with van der Waals surface area (Å²) in [5.74, 6) is -0.683. The normalized spacial score (nSPS) is 9.85. The van der Waals surface area contributed by atoms with Crippen molar-refractivity contribution in [3.8, 4) is 17.6 Å². The summed E-state index contributed by atoms with van der Waals surface area (Å²) in [6.07, 6.45) is 1.06. The van der Waals surface area contributed by atoms with E-state index in [9.17, 15) is 14.5 Å². The highest BCUT2D eigenvalue weighted by Gasteiger charge is 2.26. The number of ether oxygens (including phenoxy) is 1. The largest absolute Gasteiger partial charge is 0.449 e. The van der Waals surface area contributed by atoms with Crippen molar-refractivity contribution >= 4 is 17.3 Å². The molecule has 0 spiro atoms. The lowest BCUT2D eigenvalue weighted by Crippen LogP contribution is -1.99. The van der Waals surface area contributed by atoms with E-state index in [4.69, 9.17) is 21.6 Å². The summed E-state index contributed by atoms with van der Waals surface area (Å²) in [6.45, 7) is 0. The second-order valence-corrected chi connectivity index (χ2v) is 3.92. The van der Waals surface area contributed by atoms with Crippen LogP contribution in [-0.2, 0) is 0 Å². The van der Waals surface area contributed by atoms with Crippen LogP contribution >= 0.6 is 11.6 Å². The molecule has 0 unspecified atom stereocenters. The second-order valence-electron chi connectivity index (χ2n) is 3.57. The molecule has 1 aromatic heterocycles. The van der Waals surface area contributed by atoms with Gasteiger partial charge in [-0.1, -0.05) is 11.6 Å². The van der Waals surface area contributed by atoms with Crippen molar-refractivity contribution < 1.29 is 14.1 Å². The van der Waals surface area contributed by atoms with E-state index in [2.05, 4.69) is 4.98 Å². The van der Waals surface area contributed by atoms with E-state index >= 15 is 0 Å². The maximum absolute atomic E-state index is 12.8. The zero-order valence-electron chi connectivity index (χ0n) is 9.71. The van der Waals surface area contributed by atoms with Gasteiger partial charge in [0.15, 0.2) is 0 Å². The molecule has 1 heterocycles. The first-order valence-corrected chi connectivity index (χ1v) is 5.57. The fourth-order valence-electron chi connectivity index (χ4n) is 1.42. The summed E-state index contributed by atoms with van der Waals surface area (Å²) >= 11 is 5.64. The minimum Gasteiger partial charge on any atom is -0.449 e. The number of rotatable bonds is 3. The van der Waals surface area contributed by atoms with Crippen molar-refractivity contribution in [1.82, 2.24) is 4.98 Å². The van der Waals surface area contributed by atoms with Crippen LogP contribution in [0, 0.1) is 27.3 Å². The molecule has 6 nitrogen and oxygen atoms in total. The van der Waals surface area contributed by atoms with E-state index in [-0.39, 0.29) is 17.1 Å². The van der Waals surface area contributed by atoms with Crippen molar-refractivity contribution in [2.24, 2.45) is 0 Å². The predicted molar refractivity (Wildman–Crippen MR) is 67.1 cm³/mol. The lowest BCUT2D eigenvalue weighted by Gasteiger charge is -2.08. The van der Waals surface area contributed by atoms with Crippen LogP contribution in [0.2, 0.25) is 5.15 Å².